The minimum Gasteiger partial charge on any atom is -0.410 e. The largest absolute Gasteiger partial charge is 0.414 e. The summed E-state index contributed by atoms with van der Waals surface area (Å²) in [5.74, 6) is -0.819. The standard InChI is InChI=1S/C31H34FN3O4/c1-34(2)31(38)39-27-18-16-22(17-19-27)20-28(36)35(26-15-9-12-24(32)21-26)29(23-10-5-3-6-11-23)30(37)33-25-13-7-4-8-14-25/h3,5-6,9-12,15-19,21,25,29H,4,7-8,13-14,20H2,1-2H3,(H,33,37). The van der Waals surface area contributed by atoms with E-state index in [1.165, 1.54) is 28.0 Å². The number of anilines is 1. The molecule has 0 aliphatic heterocycles. The van der Waals surface area contributed by atoms with Gasteiger partial charge in [0, 0.05) is 25.8 Å². The van der Waals surface area contributed by atoms with Crippen molar-refractivity contribution in [1.29, 1.82) is 0 Å². The molecule has 1 fully saturated rings. The molecule has 0 aromatic heterocycles. The van der Waals surface area contributed by atoms with Crippen LogP contribution in [-0.2, 0) is 16.0 Å². The van der Waals surface area contributed by atoms with Gasteiger partial charge in [-0.2, -0.15) is 0 Å². The van der Waals surface area contributed by atoms with Crippen LogP contribution in [0.3, 0.4) is 0 Å². The van der Waals surface area contributed by atoms with Crippen LogP contribution in [0.15, 0.2) is 78.9 Å². The first-order chi connectivity index (χ1) is 18.8. The molecule has 3 aromatic carbocycles. The molecule has 8 heteroatoms. The van der Waals surface area contributed by atoms with Gasteiger partial charge in [0.15, 0.2) is 0 Å². The van der Waals surface area contributed by atoms with Gasteiger partial charge in [-0.1, -0.05) is 67.8 Å². The number of carbonyl (C=O) groups excluding carboxylic acids is 3. The van der Waals surface area contributed by atoms with Crippen molar-refractivity contribution in [3.8, 4) is 5.75 Å². The quantitative estimate of drug-likeness (QED) is 0.407. The van der Waals surface area contributed by atoms with Gasteiger partial charge in [-0.3, -0.25) is 14.5 Å². The summed E-state index contributed by atoms with van der Waals surface area (Å²) in [6.07, 6.45) is 4.48. The van der Waals surface area contributed by atoms with Crippen LogP contribution in [-0.4, -0.2) is 42.9 Å². The Morgan fingerprint density at radius 1 is 0.923 bits per heavy atom. The van der Waals surface area contributed by atoms with Gasteiger partial charge in [0.25, 0.3) is 0 Å². The number of hydrogen-bond donors (Lipinski definition) is 1. The molecule has 0 spiro atoms. The van der Waals surface area contributed by atoms with E-state index < -0.39 is 18.0 Å². The summed E-state index contributed by atoms with van der Waals surface area (Å²) in [6, 6.07) is 20.5. The van der Waals surface area contributed by atoms with Gasteiger partial charge >= 0.3 is 6.09 Å². The number of rotatable bonds is 8. The molecule has 1 aliphatic carbocycles. The van der Waals surface area contributed by atoms with Gasteiger partial charge in [-0.05, 0) is 54.3 Å². The predicted molar refractivity (Wildman–Crippen MR) is 148 cm³/mol. The molecule has 3 aromatic rings. The zero-order valence-electron chi connectivity index (χ0n) is 22.3. The van der Waals surface area contributed by atoms with Crippen LogP contribution >= 0.6 is 0 Å². The van der Waals surface area contributed by atoms with Crippen LogP contribution in [0.2, 0.25) is 0 Å². The van der Waals surface area contributed by atoms with Crippen molar-refractivity contribution in [3.05, 3.63) is 95.8 Å². The normalized spacial score (nSPS) is 14.2. The number of nitrogens with one attached hydrogen (secondary N) is 1. The van der Waals surface area contributed by atoms with Gasteiger partial charge in [0.1, 0.15) is 17.6 Å². The van der Waals surface area contributed by atoms with Crippen molar-refractivity contribution in [2.45, 2.75) is 50.6 Å². The number of amides is 3. The van der Waals surface area contributed by atoms with Crippen molar-refractivity contribution in [3.63, 3.8) is 0 Å². The Labute approximate surface area is 228 Å². The van der Waals surface area contributed by atoms with Gasteiger partial charge in [0.2, 0.25) is 11.8 Å². The summed E-state index contributed by atoms with van der Waals surface area (Å²) >= 11 is 0. The average Bonchev–Trinajstić information content (AvgIpc) is 2.93. The second-order valence-electron chi connectivity index (χ2n) is 9.98. The minimum absolute atomic E-state index is 0.0411. The maximum Gasteiger partial charge on any atom is 0.414 e. The number of nitrogens with zero attached hydrogens (tertiary/aromatic N) is 2. The molecule has 7 nitrogen and oxygen atoms in total. The number of ether oxygens (including phenoxy) is 1. The highest BCUT2D eigenvalue weighted by molar-refractivity contribution is 6.02. The maximum absolute atomic E-state index is 14.4. The van der Waals surface area contributed by atoms with E-state index in [2.05, 4.69) is 5.32 Å². The van der Waals surface area contributed by atoms with Crippen LogP contribution in [0.5, 0.6) is 5.75 Å². The third-order valence-corrected chi connectivity index (χ3v) is 6.78. The van der Waals surface area contributed by atoms with Crippen molar-refractivity contribution < 1.29 is 23.5 Å². The van der Waals surface area contributed by atoms with Crippen molar-refractivity contribution in [2.24, 2.45) is 0 Å². The van der Waals surface area contributed by atoms with Gasteiger partial charge in [-0.15, -0.1) is 0 Å². The summed E-state index contributed by atoms with van der Waals surface area (Å²) in [5.41, 5.74) is 1.59. The molecule has 3 amide bonds. The number of halogens is 1. The molecule has 0 heterocycles. The van der Waals surface area contributed by atoms with Crippen LogP contribution < -0.4 is 15.0 Å². The first kappa shape index (κ1) is 27.8. The summed E-state index contributed by atoms with van der Waals surface area (Å²) in [6.45, 7) is 0. The third kappa shape index (κ3) is 7.44. The smallest absolute Gasteiger partial charge is 0.410 e. The minimum atomic E-state index is -0.984. The lowest BCUT2D eigenvalue weighted by Gasteiger charge is -2.33. The molecule has 1 unspecified atom stereocenters. The molecule has 204 valence electrons. The maximum atomic E-state index is 14.4. The first-order valence-electron chi connectivity index (χ1n) is 13.2. The van der Waals surface area contributed by atoms with Crippen molar-refractivity contribution in [1.82, 2.24) is 10.2 Å². The zero-order chi connectivity index (χ0) is 27.8. The highest BCUT2D eigenvalue weighted by Gasteiger charge is 2.34. The fourth-order valence-corrected chi connectivity index (χ4v) is 4.77. The van der Waals surface area contributed by atoms with E-state index in [9.17, 15) is 18.8 Å². The fraction of sp³-hybridized carbons (Fsp3) is 0.323. The second kappa shape index (κ2) is 13.0. The number of benzene rings is 3. The average molecular weight is 532 g/mol. The Kier molecular flexibility index (Phi) is 9.31. The molecule has 4 rings (SSSR count). The van der Waals surface area contributed by atoms with E-state index in [0.29, 0.717) is 22.6 Å². The summed E-state index contributed by atoms with van der Waals surface area (Å²) < 4.78 is 19.6. The van der Waals surface area contributed by atoms with E-state index in [1.807, 2.05) is 18.2 Å². The third-order valence-electron chi connectivity index (χ3n) is 6.78. The van der Waals surface area contributed by atoms with E-state index in [0.717, 1.165) is 32.1 Å². The lowest BCUT2D eigenvalue weighted by Crippen LogP contribution is -2.47. The molecule has 1 N–H and O–H groups in total. The second-order valence-corrected chi connectivity index (χ2v) is 9.98. The van der Waals surface area contributed by atoms with E-state index in [1.54, 1.807) is 56.6 Å². The summed E-state index contributed by atoms with van der Waals surface area (Å²) in [7, 11) is 3.17. The van der Waals surface area contributed by atoms with Crippen molar-refractivity contribution in [2.75, 3.05) is 19.0 Å². The molecule has 39 heavy (non-hydrogen) atoms. The van der Waals surface area contributed by atoms with E-state index >= 15 is 0 Å². The Hall–Kier alpha value is -4.20. The predicted octanol–water partition coefficient (Wildman–Crippen LogP) is 5.65. The van der Waals surface area contributed by atoms with Gasteiger partial charge < -0.3 is 15.0 Å². The van der Waals surface area contributed by atoms with E-state index in [-0.39, 0.29) is 24.3 Å². The zero-order valence-corrected chi connectivity index (χ0v) is 22.3. The molecule has 0 radical (unpaired) electrons. The molecular weight excluding hydrogens is 497 g/mol. The summed E-state index contributed by atoms with van der Waals surface area (Å²) in [5, 5.41) is 3.16. The first-order valence-corrected chi connectivity index (χ1v) is 13.2. The topological polar surface area (TPSA) is 79.0 Å². The van der Waals surface area contributed by atoms with Crippen LogP contribution in [0.1, 0.15) is 49.3 Å². The van der Waals surface area contributed by atoms with Crippen LogP contribution in [0.4, 0.5) is 14.9 Å². The monoisotopic (exact) mass is 531 g/mol. The van der Waals surface area contributed by atoms with Gasteiger partial charge in [-0.25, -0.2) is 9.18 Å². The fourth-order valence-electron chi connectivity index (χ4n) is 4.77. The Morgan fingerprint density at radius 3 is 2.26 bits per heavy atom. The molecule has 1 saturated carbocycles. The highest BCUT2D eigenvalue weighted by atomic mass is 19.1. The highest BCUT2D eigenvalue weighted by Crippen LogP contribution is 2.30. The Morgan fingerprint density at radius 2 is 1.62 bits per heavy atom. The lowest BCUT2D eigenvalue weighted by molar-refractivity contribution is -0.127. The molecule has 1 aliphatic rings. The number of carbonyl (C=O) groups is 3. The molecule has 1 atom stereocenters. The SMILES string of the molecule is CN(C)C(=O)Oc1ccc(CC(=O)N(c2cccc(F)c2)C(C(=O)NC2CCCCC2)c2ccccc2)cc1. The lowest BCUT2D eigenvalue weighted by atomic mass is 9.94. The van der Waals surface area contributed by atoms with E-state index in [4.69, 9.17) is 4.74 Å². The van der Waals surface area contributed by atoms with Crippen LogP contribution in [0, 0.1) is 5.82 Å². The van der Waals surface area contributed by atoms with Gasteiger partial charge in [0.05, 0.1) is 6.42 Å². The van der Waals surface area contributed by atoms with Crippen molar-refractivity contribution >= 4 is 23.6 Å². The molecule has 0 saturated heterocycles. The Bertz CT molecular complexity index is 1270. The molecular formula is C31H34FN3O4. The molecule has 0 bridgehead atoms. The summed E-state index contributed by atoms with van der Waals surface area (Å²) in [4.78, 5) is 42.3. The number of hydrogen-bond acceptors (Lipinski definition) is 4. The van der Waals surface area contributed by atoms with Crippen LogP contribution in [0.25, 0.3) is 0 Å². The Balaban J connectivity index is 1.65.